The number of rotatable bonds is 18. The molecule has 200 valence electrons. The van der Waals surface area contributed by atoms with Gasteiger partial charge in [-0.25, -0.2) is 0 Å². The van der Waals surface area contributed by atoms with Crippen molar-refractivity contribution in [3.05, 3.63) is 30.1 Å². The molecule has 1 aromatic heterocycles. The number of nitrogens with one attached hydrogen (secondary N) is 1. The Labute approximate surface area is 216 Å². The summed E-state index contributed by atoms with van der Waals surface area (Å²) in [6, 6.07) is 3.25. The zero-order chi connectivity index (χ0) is 25.4. The molecule has 2 N–H and O–H groups in total. The molecule has 1 aromatic rings. The summed E-state index contributed by atoms with van der Waals surface area (Å²) in [6.45, 7) is 3.05. The lowest BCUT2D eigenvalue weighted by Gasteiger charge is -2.39. The standard InChI is InChI=1S/C25H44N4O4S2/c1-2-3-4-5-6-7-8-9-10-11-12-13-14-15-20-28-21-29(22-34-25(28)35(31,32)33)27-24(30)23-16-18-26-19-17-23/h16-19,25H,2-15,20-22H2,1H3,(H,27,30)(H,31,32,33). The van der Waals surface area contributed by atoms with Crippen LogP contribution < -0.4 is 5.43 Å². The van der Waals surface area contributed by atoms with Gasteiger partial charge in [0.1, 0.15) is 0 Å². The lowest BCUT2D eigenvalue weighted by atomic mass is 10.0. The van der Waals surface area contributed by atoms with Crippen LogP contribution in [0, 0.1) is 0 Å². The van der Waals surface area contributed by atoms with Gasteiger partial charge in [-0.2, -0.15) is 13.4 Å². The largest absolute Gasteiger partial charge is 0.291 e. The molecule has 10 heteroatoms. The fraction of sp³-hybridized carbons (Fsp3) is 0.760. The molecule has 2 heterocycles. The van der Waals surface area contributed by atoms with Gasteiger partial charge in [0.15, 0.2) is 4.71 Å². The first-order valence-electron chi connectivity index (χ1n) is 13.2. The molecule has 0 radical (unpaired) electrons. The number of amides is 1. The Morgan fingerprint density at radius 1 is 0.971 bits per heavy atom. The van der Waals surface area contributed by atoms with Crippen molar-refractivity contribution in [2.75, 3.05) is 19.1 Å². The summed E-state index contributed by atoms with van der Waals surface area (Å²) in [6.07, 6.45) is 20.8. The highest BCUT2D eigenvalue weighted by Crippen LogP contribution is 2.27. The SMILES string of the molecule is CCCCCCCCCCCCCCCCN1CN(NC(=O)c2ccncc2)CSC1S(=O)(=O)O. The number of hydrogen-bond donors (Lipinski definition) is 2. The molecule has 1 unspecified atom stereocenters. The van der Waals surface area contributed by atoms with Gasteiger partial charge in [-0.1, -0.05) is 90.4 Å². The van der Waals surface area contributed by atoms with E-state index < -0.39 is 14.8 Å². The predicted octanol–water partition coefficient (Wildman–Crippen LogP) is 5.64. The molecule has 8 nitrogen and oxygen atoms in total. The van der Waals surface area contributed by atoms with Crippen LogP contribution in [0.1, 0.15) is 107 Å². The molecule has 0 bridgehead atoms. The van der Waals surface area contributed by atoms with Crippen molar-refractivity contribution in [2.24, 2.45) is 0 Å². The van der Waals surface area contributed by atoms with Gasteiger partial charge in [-0.15, -0.1) is 11.8 Å². The van der Waals surface area contributed by atoms with E-state index in [9.17, 15) is 17.8 Å². The van der Waals surface area contributed by atoms with Crippen LogP contribution in [0.25, 0.3) is 0 Å². The summed E-state index contributed by atoms with van der Waals surface area (Å²) in [5, 5.41) is 1.68. The zero-order valence-corrected chi connectivity index (χ0v) is 22.9. The van der Waals surface area contributed by atoms with Crippen LogP contribution in [0.5, 0.6) is 0 Å². The van der Waals surface area contributed by atoms with Crippen molar-refractivity contribution < 1.29 is 17.8 Å². The third-order valence-electron chi connectivity index (χ3n) is 6.28. The van der Waals surface area contributed by atoms with Crippen LogP contribution in [0.15, 0.2) is 24.5 Å². The first-order valence-corrected chi connectivity index (χ1v) is 15.7. The second-order valence-corrected chi connectivity index (χ2v) is 12.2. The fourth-order valence-electron chi connectivity index (χ4n) is 4.32. The first kappa shape index (κ1) is 30.0. The molecule has 35 heavy (non-hydrogen) atoms. The maximum Gasteiger partial charge on any atom is 0.291 e. The van der Waals surface area contributed by atoms with Gasteiger partial charge in [0.05, 0.1) is 12.5 Å². The summed E-state index contributed by atoms with van der Waals surface area (Å²) >= 11 is 1.10. The zero-order valence-electron chi connectivity index (χ0n) is 21.2. The summed E-state index contributed by atoms with van der Waals surface area (Å²) in [5.74, 6) is 0.00557. The number of hydrazine groups is 1. The summed E-state index contributed by atoms with van der Waals surface area (Å²) in [4.78, 5) is 18.0. The highest BCUT2D eigenvalue weighted by atomic mass is 32.3. The number of carbonyl (C=O) groups excluding carboxylic acids is 1. The van der Waals surface area contributed by atoms with Gasteiger partial charge < -0.3 is 0 Å². The van der Waals surface area contributed by atoms with Crippen molar-refractivity contribution in [1.29, 1.82) is 0 Å². The lowest BCUT2D eigenvalue weighted by Crippen LogP contribution is -2.56. The van der Waals surface area contributed by atoms with E-state index in [2.05, 4.69) is 17.3 Å². The molecular weight excluding hydrogens is 484 g/mol. The van der Waals surface area contributed by atoms with Crippen LogP contribution in [-0.4, -0.2) is 57.6 Å². The number of unbranched alkanes of at least 4 members (excludes halogenated alkanes) is 13. The monoisotopic (exact) mass is 528 g/mol. The normalized spacial score (nSPS) is 17.5. The number of thioether (sulfide) groups is 1. The van der Waals surface area contributed by atoms with Crippen molar-refractivity contribution in [1.82, 2.24) is 20.3 Å². The number of hydrogen-bond acceptors (Lipinski definition) is 7. The Kier molecular flexibility index (Phi) is 14.8. The third-order valence-corrected chi connectivity index (χ3v) is 9.27. The molecule has 1 aliphatic heterocycles. The van der Waals surface area contributed by atoms with Crippen molar-refractivity contribution >= 4 is 27.8 Å². The second-order valence-electron chi connectivity index (χ2n) is 9.38. The molecular formula is C25H44N4O4S2. The van der Waals surface area contributed by atoms with Gasteiger partial charge in [0, 0.05) is 24.5 Å². The highest BCUT2D eigenvalue weighted by Gasteiger charge is 2.36. The van der Waals surface area contributed by atoms with Crippen LogP contribution in [-0.2, 0) is 10.1 Å². The second kappa shape index (κ2) is 17.3. The molecule has 0 spiro atoms. The quantitative estimate of drug-likeness (QED) is 0.186. The molecule has 1 aliphatic rings. The summed E-state index contributed by atoms with van der Waals surface area (Å²) in [7, 11) is -4.21. The van der Waals surface area contributed by atoms with Crippen molar-refractivity contribution in [3.63, 3.8) is 0 Å². The fourth-order valence-corrected chi connectivity index (χ4v) is 6.58. The van der Waals surface area contributed by atoms with E-state index in [1.54, 1.807) is 34.4 Å². The molecule has 0 saturated carbocycles. The van der Waals surface area contributed by atoms with E-state index in [4.69, 9.17) is 0 Å². The summed E-state index contributed by atoms with van der Waals surface area (Å²) in [5.41, 5.74) is 3.30. The average molecular weight is 529 g/mol. The first-order chi connectivity index (χ1) is 16.9. The average Bonchev–Trinajstić information content (AvgIpc) is 2.84. The number of pyridine rings is 1. The van der Waals surface area contributed by atoms with Crippen LogP contribution in [0.2, 0.25) is 0 Å². The Balaban J connectivity index is 1.61. The minimum Gasteiger partial charge on any atom is -0.284 e. The van der Waals surface area contributed by atoms with E-state index in [0.29, 0.717) is 12.1 Å². The Bertz CT molecular complexity index is 811. The molecule has 1 fully saturated rings. The van der Waals surface area contributed by atoms with Crippen molar-refractivity contribution in [2.45, 2.75) is 102 Å². The maximum absolute atomic E-state index is 12.4. The van der Waals surface area contributed by atoms with Gasteiger partial charge in [-0.3, -0.25) is 24.7 Å². The lowest BCUT2D eigenvalue weighted by molar-refractivity contribution is 0.0645. The maximum atomic E-state index is 12.4. The number of aromatic nitrogens is 1. The van der Waals surface area contributed by atoms with E-state index in [-0.39, 0.29) is 18.5 Å². The molecule has 2 rings (SSSR count). The third kappa shape index (κ3) is 12.5. The van der Waals surface area contributed by atoms with E-state index >= 15 is 0 Å². The minimum atomic E-state index is -4.21. The highest BCUT2D eigenvalue weighted by molar-refractivity contribution is 8.11. The van der Waals surface area contributed by atoms with Gasteiger partial charge in [-0.05, 0) is 18.6 Å². The van der Waals surface area contributed by atoms with Gasteiger partial charge in [0.25, 0.3) is 16.0 Å². The Morgan fingerprint density at radius 3 is 2.00 bits per heavy atom. The van der Waals surface area contributed by atoms with Crippen LogP contribution in [0.3, 0.4) is 0 Å². The van der Waals surface area contributed by atoms with E-state index in [1.165, 1.54) is 70.6 Å². The molecule has 0 aromatic carbocycles. The topological polar surface area (TPSA) is 103 Å². The van der Waals surface area contributed by atoms with E-state index in [0.717, 1.165) is 31.0 Å². The predicted molar refractivity (Wildman–Crippen MR) is 143 cm³/mol. The smallest absolute Gasteiger partial charge is 0.284 e. The Morgan fingerprint density at radius 2 is 1.49 bits per heavy atom. The van der Waals surface area contributed by atoms with Crippen molar-refractivity contribution in [3.8, 4) is 0 Å². The molecule has 1 saturated heterocycles. The van der Waals surface area contributed by atoms with Crippen LogP contribution >= 0.6 is 11.8 Å². The summed E-state index contributed by atoms with van der Waals surface area (Å²) < 4.78 is 32.4. The van der Waals surface area contributed by atoms with Gasteiger partial charge >= 0.3 is 0 Å². The van der Waals surface area contributed by atoms with Crippen LogP contribution in [0.4, 0.5) is 0 Å². The van der Waals surface area contributed by atoms with E-state index in [1.807, 2.05) is 0 Å². The molecule has 1 amide bonds. The number of nitrogens with zero attached hydrogens (tertiary/aromatic N) is 3. The number of carbonyl (C=O) groups is 1. The van der Waals surface area contributed by atoms with Gasteiger partial charge in [0.2, 0.25) is 0 Å². The minimum absolute atomic E-state index is 0.243. The Hall–Kier alpha value is -1.20. The molecule has 0 aliphatic carbocycles. The molecule has 1 atom stereocenters.